The van der Waals surface area contributed by atoms with Crippen molar-refractivity contribution in [2.75, 3.05) is 47.1 Å². The Kier molecular flexibility index (Phi) is 7.97. The smallest absolute Gasteiger partial charge is 0.171 e. The van der Waals surface area contributed by atoms with Crippen LogP contribution in [0.1, 0.15) is 48.9 Å². The standard InChI is InChI=1S/C20H30NO4.C7H8O3S/c1-20(24-11-12-25-20)7-10-21-8-4-5-17(21)16-14-19(23-3)18(22-2)13-15(16)6-9-21;1-6-2-4-7(5-3-6)11(8,9)10/h13-14,17H,4-12H2,1-3H3;2-5H,1H3,(H,8,9,10)/q+1;/p-1. The Morgan fingerprint density at radius 1 is 1.06 bits per heavy atom. The van der Waals surface area contributed by atoms with Crippen LogP contribution in [0, 0.1) is 6.92 Å². The first-order valence-electron chi connectivity index (χ1n) is 12.5. The van der Waals surface area contributed by atoms with Crippen LogP contribution in [0.4, 0.5) is 0 Å². The minimum absolute atomic E-state index is 0.178. The predicted octanol–water partition coefficient (Wildman–Crippen LogP) is 3.96. The molecule has 0 aliphatic carbocycles. The van der Waals surface area contributed by atoms with Gasteiger partial charge in [0.1, 0.15) is 16.2 Å². The quantitative estimate of drug-likeness (QED) is 0.421. The Hall–Kier alpha value is -2.17. The maximum absolute atomic E-state index is 10.4. The molecule has 0 radical (unpaired) electrons. The highest BCUT2D eigenvalue weighted by Crippen LogP contribution is 2.47. The summed E-state index contributed by atoms with van der Waals surface area (Å²) >= 11 is 0. The van der Waals surface area contributed by atoms with Gasteiger partial charge in [0.05, 0.1) is 58.4 Å². The fraction of sp³-hybridized carbons (Fsp3) is 0.556. The number of aryl methyl sites for hydroxylation is 1. The number of nitrogens with zero attached hydrogens (tertiary/aromatic N) is 1. The molecule has 2 aromatic rings. The summed E-state index contributed by atoms with van der Waals surface area (Å²) in [7, 11) is -0.834. The third kappa shape index (κ3) is 5.70. The van der Waals surface area contributed by atoms with E-state index in [0.717, 1.165) is 49.7 Å². The summed E-state index contributed by atoms with van der Waals surface area (Å²) in [5.74, 6) is 1.31. The van der Waals surface area contributed by atoms with Crippen molar-refractivity contribution in [1.29, 1.82) is 0 Å². The number of hydrogen-bond donors (Lipinski definition) is 0. The maximum Gasteiger partial charge on any atom is 0.171 e. The molecule has 198 valence electrons. The number of methoxy groups -OCH3 is 2. The van der Waals surface area contributed by atoms with Crippen LogP contribution in [-0.2, 0) is 26.0 Å². The second kappa shape index (κ2) is 10.7. The van der Waals surface area contributed by atoms with Crippen LogP contribution >= 0.6 is 0 Å². The zero-order chi connectivity index (χ0) is 26.0. The van der Waals surface area contributed by atoms with E-state index in [-0.39, 0.29) is 4.90 Å². The van der Waals surface area contributed by atoms with Gasteiger partial charge in [-0.25, -0.2) is 8.42 Å². The van der Waals surface area contributed by atoms with Crippen LogP contribution in [0.15, 0.2) is 41.3 Å². The molecule has 5 rings (SSSR count). The lowest BCUT2D eigenvalue weighted by Gasteiger charge is -2.45. The van der Waals surface area contributed by atoms with E-state index < -0.39 is 15.9 Å². The summed E-state index contributed by atoms with van der Waals surface area (Å²) in [5.41, 5.74) is 3.81. The molecule has 3 heterocycles. The Bertz CT molecular complexity index is 1160. The van der Waals surface area contributed by atoms with Gasteiger partial charge in [-0.2, -0.15) is 0 Å². The van der Waals surface area contributed by atoms with Crippen molar-refractivity contribution in [2.45, 2.75) is 56.3 Å². The molecular formula is C27H37NO7S. The fourth-order valence-electron chi connectivity index (χ4n) is 5.77. The Balaban J connectivity index is 0.000000233. The van der Waals surface area contributed by atoms with Crippen molar-refractivity contribution in [1.82, 2.24) is 0 Å². The highest BCUT2D eigenvalue weighted by atomic mass is 32.2. The first-order chi connectivity index (χ1) is 17.1. The maximum atomic E-state index is 10.4. The fourth-order valence-corrected chi connectivity index (χ4v) is 6.23. The van der Waals surface area contributed by atoms with Gasteiger partial charge < -0.3 is 28.0 Å². The number of hydrogen-bond acceptors (Lipinski definition) is 7. The number of quaternary nitrogens is 1. The Labute approximate surface area is 214 Å². The molecule has 2 unspecified atom stereocenters. The average molecular weight is 520 g/mol. The van der Waals surface area contributed by atoms with E-state index in [2.05, 4.69) is 19.1 Å². The lowest BCUT2D eigenvalue weighted by atomic mass is 9.89. The molecule has 9 heteroatoms. The van der Waals surface area contributed by atoms with Gasteiger partial charge in [0, 0.05) is 24.8 Å². The Morgan fingerprint density at radius 3 is 2.31 bits per heavy atom. The molecule has 2 fully saturated rings. The minimum Gasteiger partial charge on any atom is -0.744 e. The van der Waals surface area contributed by atoms with Crippen molar-refractivity contribution in [3.63, 3.8) is 0 Å². The summed E-state index contributed by atoms with van der Waals surface area (Å²) in [5, 5.41) is 0. The second-order valence-electron chi connectivity index (χ2n) is 10.1. The van der Waals surface area contributed by atoms with Crippen molar-refractivity contribution in [3.8, 4) is 11.5 Å². The lowest BCUT2D eigenvalue weighted by Crippen LogP contribution is -2.53. The second-order valence-corrected chi connectivity index (χ2v) is 11.4. The van der Waals surface area contributed by atoms with E-state index in [1.54, 1.807) is 26.4 Å². The molecule has 3 aliphatic rings. The number of ether oxygens (including phenoxy) is 4. The van der Waals surface area contributed by atoms with E-state index in [0.29, 0.717) is 6.04 Å². The monoisotopic (exact) mass is 519 g/mol. The van der Waals surface area contributed by atoms with Crippen molar-refractivity contribution in [2.24, 2.45) is 0 Å². The average Bonchev–Trinajstić information content (AvgIpc) is 3.49. The first-order valence-corrected chi connectivity index (χ1v) is 13.9. The summed E-state index contributed by atoms with van der Waals surface area (Å²) in [4.78, 5) is -0.178. The van der Waals surface area contributed by atoms with Gasteiger partial charge in [0.15, 0.2) is 17.3 Å². The van der Waals surface area contributed by atoms with Crippen molar-refractivity contribution < 1.29 is 36.4 Å². The Morgan fingerprint density at radius 2 is 1.69 bits per heavy atom. The van der Waals surface area contributed by atoms with E-state index in [1.165, 1.54) is 53.7 Å². The zero-order valence-electron chi connectivity index (χ0n) is 21.6. The van der Waals surface area contributed by atoms with Crippen LogP contribution in [0.3, 0.4) is 0 Å². The van der Waals surface area contributed by atoms with E-state index >= 15 is 0 Å². The lowest BCUT2D eigenvalue weighted by molar-refractivity contribution is -0.948. The first kappa shape index (κ1) is 26.9. The zero-order valence-corrected chi connectivity index (χ0v) is 22.4. The van der Waals surface area contributed by atoms with E-state index in [4.69, 9.17) is 18.9 Å². The number of fused-ring (bicyclic) bond motifs is 3. The molecule has 0 aromatic heterocycles. The SMILES string of the molecule is COc1cc2c(cc1OC)C1CCC[N+]1(CCC1(C)OCCO1)CC2.Cc1ccc(S(=O)(=O)[O-])cc1. The molecule has 0 spiro atoms. The van der Waals surface area contributed by atoms with Gasteiger partial charge in [0.25, 0.3) is 0 Å². The molecule has 2 aromatic carbocycles. The molecule has 36 heavy (non-hydrogen) atoms. The molecule has 8 nitrogen and oxygen atoms in total. The van der Waals surface area contributed by atoms with E-state index in [1.807, 2.05) is 6.92 Å². The summed E-state index contributed by atoms with van der Waals surface area (Å²) in [6, 6.07) is 10.8. The van der Waals surface area contributed by atoms with Gasteiger partial charge in [-0.05, 0) is 43.7 Å². The van der Waals surface area contributed by atoms with Gasteiger partial charge in [-0.1, -0.05) is 17.7 Å². The summed E-state index contributed by atoms with van der Waals surface area (Å²) in [6.45, 7) is 8.93. The molecule has 3 aliphatic heterocycles. The highest BCUT2D eigenvalue weighted by Gasteiger charge is 2.48. The van der Waals surface area contributed by atoms with Gasteiger partial charge in [-0.15, -0.1) is 0 Å². The molecule has 2 atom stereocenters. The highest BCUT2D eigenvalue weighted by molar-refractivity contribution is 7.85. The molecule has 0 bridgehead atoms. The van der Waals surface area contributed by atoms with Crippen LogP contribution in [0.5, 0.6) is 11.5 Å². The summed E-state index contributed by atoms with van der Waals surface area (Å²) < 4.78 is 55.1. The van der Waals surface area contributed by atoms with E-state index in [9.17, 15) is 13.0 Å². The van der Waals surface area contributed by atoms with Crippen LogP contribution in [0.25, 0.3) is 0 Å². The van der Waals surface area contributed by atoms with Gasteiger partial charge in [-0.3, -0.25) is 0 Å². The van der Waals surface area contributed by atoms with Crippen LogP contribution in [0.2, 0.25) is 0 Å². The molecular weight excluding hydrogens is 482 g/mol. The molecule has 0 amide bonds. The van der Waals surface area contributed by atoms with Crippen molar-refractivity contribution >= 4 is 10.1 Å². The van der Waals surface area contributed by atoms with Crippen LogP contribution in [-0.4, -0.2) is 70.3 Å². The third-order valence-electron chi connectivity index (χ3n) is 7.79. The van der Waals surface area contributed by atoms with Gasteiger partial charge in [0.2, 0.25) is 0 Å². The topological polar surface area (TPSA) is 94.1 Å². The predicted molar refractivity (Wildman–Crippen MR) is 134 cm³/mol. The molecule has 0 saturated carbocycles. The molecule has 0 N–H and O–H groups in total. The molecule has 2 saturated heterocycles. The minimum atomic E-state index is -4.27. The van der Waals surface area contributed by atoms with Gasteiger partial charge >= 0.3 is 0 Å². The summed E-state index contributed by atoms with van der Waals surface area (Å²) in [6.07, 6.45) is 4.61. The normalized spacial score (nSPS) is 24.3. The number of rotatable bonds is 6. The third-order valence-corrected chi connectivity index (χ3v) is 8.64. The van der Waals surface area contributed by atoms with Crippen molar-refractivity contribution in [3.05, 3.63) is 53.1 Å². The largest absolute Gasteiger partial charge is 0.744 e. The number of benzene rings is 2. The van der Waals surface area contributed by atoms with Crippen LogP contribution < -0.4 is 9.47 Å².